The number of thioether (sulfide) groups is 1. The molecule has 27 heavy (non-hydrogen) atoms. The first-order valence-electron chi connectivity index (χ1n) is 8.45. The van der Waals surface area contributed by atoms with Crippen molar-refractivity contribution < 1.29 is 23.5 Å². The summed E-state index contributed by atoms with van der Waals surface area (Å²) in [5, 5.41) is 6.58. The Labute approximate surface area is 159 Å². The van der Waals surface area contributed by atoms with Crippen LogP contribution in [0.4, 0.5) is 14.9 Å². The van der Waals surface area contributed by atoms with E-state index in [1.54, 1.807) is 6.07 Å². The third-order valence-corrected chi connectivity index (χ3v) is 5.50. The average molecular weight is 394 g/mol. The number of hydrazone groups is 1. The van der Waals surface area contributed by atoms with Crippen LogP contribution in [0.2, 0.25) is 0 Å². The highest BCUT2D eigenvalue weighted by Crippen LogP contribution is 2.29. The lowest BCUT2D eigenvalue weighted by molar-refractivity contribution is -0.121. The molecule has 3 amide bonds. The Morgan fingerprint density at radius 1 is 1.48 bits per heavy atom. The van der Waals surface area contributed by atoms with Crippen molar-refractivity contribution in [3.05, 3.63) is 29.6 Å². The van der Waals surface area contributed by atoms with Gasteiger partial charge in [-0.25, -0.2) is 14.6 Å². The van der Waals surface area contributed by atoms with Crippen LogP contribution in [-0.2, 0) is 14.3 Å². The molecule has 2 atom stereocenters. The Hall–Kier alpha value is -2.62. The number of carbonyl (C=O) groups is 3. The highest BCUT2D eigenvalue weighted by atomic mass is 32.2. The number of carbonyl (C=O) groups excluding carboxylic acids is 3. The number of hydrogen-bond donors (Lipinski definition) is 2. The fraction of sp³-hybridized carbons (Fsp3) is 0.412. The number of rotatable bonds is 5. The molecule has 1 fully saturated rings. The van der Waals surface area contributed by atoms with Crippen LogP contribution in [0.3, 0.4) is 0 Å². The first kappa shape index (κ1) is 19.2. The number of cyclic esters (lactones) is 1. The molecule has 1 unspecified atom stereocenters. The standard InChI is InChI=1S/C17H19FN4O4S/c1-3-14-15(24)20-21-16(27-14)12-5-4-10(6-13(12)18)22-8-11(26-17(22)25)7-19-9(2)23/h4-6,11,14H,3,7-8H2,1-2H3,(H,19,23)(H,20,24)/t11-,14?/m0/s1. The van der Waals surface area contributed by atoms with E-state index >= 15 is 0 Å². The fourth-order valence-corrected chi connectivity index (χ4v) is 3.71. The van der Waals surface area contributed by atoms with E-state index in [1.807, 2.05) is 6.92 Å². The summed E-state index contributed by atoms with van der Waals surface area (Å²) in [6.07, 6.45) is -0.493. The van der Waals surface area contributed by atoms with Crippen molar-refractivity contribution in [2.24, 2.45) is 5.10 Å². The molecule has 1 aromatic rings. The SMILES string of the molecule is CCC1SC(c2ccc(N3C[C@H](CNC(C)=O)OC3=O)cc2F)=NNC1=O. The van der Waals surface area contributed by atoms with Crippen molar-refractivity contribution in [1.29, 1.82) is 0 Å². The topological polar surface area (TPSA) is 100 Å². The summed E-state index contributed by atoms with van der Waals surface area (Å²) in [4.78, 5) is 36.0. The molecule has 1 aromatic carbocycles. The fourth-order valence-electron chi connectivity index (χ4n) is 2.73. The maximum Gasteiger partial charge on any atom is 0.414 e. The molecule has 0 saturated carbocycles. The third-order valence-electron chi connectivity index (χ3n) is 4.13. The minimum atomic E-state index is -0.597. The lowest BCUT2D eigenvalue weighted by atomic mass is 10.2. The summed E-state index contributed by atoms with van der Waals surface area (Å²) in [7, 11) is 0. The second kappa shape index (κ2) is 7.95. The van der Waals surface area contributed by atoms with Gasteiger partial charge in [0.15, 0.2) is 0 Å². The normalized spacial score (nSPS) is 22.2. The van der Waals surface area contributed by atoms with E-state index in [1.165, 1.54) is 35.7 Å². The summed E-state index contributed by atoms with van der Waals surface area (Å²) in [5.41, 5.74) is 3.01. The van der Waals surface area contributed by atoms with Crippen LogP contribution in [-0.4, -0.2) is 47.4 Å². The van der Waals surface area contributed by atoms with Crippen LogP contribution in [0, 0.1) is 5.82 Å². The van der Waals surface area contributed by atoms with Crippen LogP contribution in [0.25, 0.3) is 0 Å². The zero-order chi connectivity index (χ0) is 19.6. The molecule has 144 valence electrons. The van der Waals surface area contributed by atoms with E-state index in [9.17, 15) is 18.8 Å². The van der Waals surface area contributed by atoms with E-state index in [4.69, 9.17) is 4.74 Å². The van der Waals surface area contributed by atoms with Gasteiger partial charge in [-0.2, -0.15) is 5.10 Å². The molecule has 0 aromatic heterocycles. The van der Waals surface area contributed by atoms with Gasteiger partial charge < -0.3 is 10.1 Å². The van der Waals surface area contributed by atoms with Gasteiger partial charge in [0.05, 0.1) is 24.0 Å². The number of anilines is 1. The van der Waals surface area contributed by atoms with Gasteiger partial charge in [0.1, 0.15) is 17.0 Å². The molecule has 2 heterocycles. The van der Waals surface area contributed by atoms with Gasteiger partial charge in [-0.1, -0.05) is 18.7 Å². The molecule has 0 spiro atoms. The Kier molecular flexibility index (Phi) is 5.64. The van der Waals surface area contributed by atoms with Gasteiger partial charge in [0.25, 0.3) is 5.91 Å². The minimum Gasteiger partial charge on any atom is -0.442 e. The summed E-state index contributed by atoms with van der Waals surface area (Å²) in [6.45, 7) is 3.65. The van der Waals surface area contributed by atoms with Crippen LogP contribution in [0.15, 0.2) is 23.3 Å². The molecule has 8 nitrogen and oxygen atoms in total. The van der Waals surface area contributed by atoms with E-state index in [0.29, 0.717) is 17.2 Å². The Balaban J connectivity index is 1.74. The second-order valence-corrected chi connectivity index (χ2v) is 7.32. The van der Waals surface area contributed by atoms with Gasteiger partial charge in [-0.3, -0.25) is 14.5 Å². The first-order chi connectivity index (χ1) is 12.9. The average Bonchev–Trinajstić information content (AvgIpc) is 3.01. The van der Waals surface area contributed by atoms with Crippen LogP contribution in [0.5, 0.6) is 0 Å². The van der Waals surface area contributed by atoms with Crippen molar-refractivity contribution in [1.82, 2.24) is 10.7 Å². The van der Waals surface area contributed by atoms with Crippen molar-refractivity contribution >= 4 is 40.4 Å². The number of ether oxygens (including phenoxy) is 1. The molecule has 0 radical (unpaired) electrons. The zero-order valence-corrected chi connectivity index (χ0v) is 15.6. The van der Waals surface area contributed by atoms with Crippen LogP contribution < -0.4 is 15.6 Å². The molecule has 2 aliphatic heterocycles. The number of hydrogen-bond acceptors (Lipinski definition) is 6. The monoisotopic (exact) mass is 394 g/mol. The zero-order valence-electron chi connectivity index (χ0n) is 14.8. The first-order valence-corrected chi connectivity index (χ1v) is 9.33. The Morgan fingerprint density at radius 2 is 2.26 bits per heavy atom. The maximum atomic E-state index is 14.7. The highest BCUT2D eigenvalue weighted by Gasteiger charge is 2.33. The van der Waals surface area contributed by atoms with Gasteiger partial charge >= 0.3 is 6.09 Å². The van der Waals surface area contributed by atoms with Crippen molar-refractivity contribution in [3.63, 3.8) is 0 Å². The molecule has 0 bridgehead atoms. The number of halogens is 1. The second-order valence-electron chi connectivity index (χ2n) is 6.13. The van der Waals surface area contributed by atoms with Crippen molar-refractivity contribution in [2.45, 2.75) is 31.6 Å². The minimum absolute atomic E-state index is 0.198. The third kappa shape index (κ3) is 4.21. The van der Waals surface area contributed by atoms with Gasteiger partial charge in [0.2, 0.25) is 5.91 Å². The summed E-state index contributed by atoms with van der Waals surface area (Å²) in [6, 6.07) is 4.36. The van der Waals surface area contributed by atoms with E-state index in [0.717, 1.165) is 0 Å². The number of amides is 3. The Morgan fingerprint density at radius 3 is 2.93 bits per heavy atom. The van der Waals surface area contributed by atoms with Crippen LogP contribution in [0.1, 0.15) is 25.8 Å². The van der Waals surface area contributed by atoms with Gasteiger partial charge in [-0.05, 0) is 24.6 Å². The van der Waals surface area contributed by atoms with Gasteiger partial charge in [-0.15, -0.1) is 0 Å². The highest BCUT2D eigenvalue weighted by molar-refractivity contribution is 8.15. The molecular formula is C17H19FN4O4S. The molecule has 1 saturated heterocycles. The molecular weight excluding hydrogens is 375 g/mol. The van der Waals surface area contributed by atoms with E-state index in [-0.39, 0.29) is 35.7 Å². The molecule has 2 N–H and O–H groups in total. The quantitative estimate of drug-likeness (QED) is 0.790. The summed E-state index contributed by atoms with van der Waals surface area (Å²) >= 11 is 1.21. The summed E-state index contributed by atoms with van der Waals surface area (Å²) in [5.74, 6) is -0.973. The predicted octanol–water partition coefficient (Wildman–Crippen LogP) is 1.59. The number of nitrogens with one attached hydrogen (secondary N) is 2. The van der Waals surface area contributed by atoms with E-state index < -0.39 is 18.0 Å². The maximum absolute atomic E-state index is 14.7. The largest absolute Gasteiger partial charge is 0.442 e. The number of nitrogens with zero attached hydrogens (tertiary/aromatic N) is 2. The lowest BCUT2D eigenvalue weighted by Crippen LogP contribution is -2.35. The van der Waals surface area contributed by atoms with E-state index in [2.05, 4.69) is 15.8 Å². The van der Waals surface area contributed by atoms with Crippen LogP contribution >= 0.6 is 11.8 Å². The van der Waals surface area contributed by atoms with Crippen molar-refractivity contribution in [2.75, 3.05) is 18.0 Å². The molecule has 0 aliphatic carbocycles. The smallest absolute Gasteiger partial charge is 0.414 e. The molecule has 10 heteroatoms. The predicted molar refractivity (Wildman–Crippen MR) is 99.0 cm³/mol. The Bertz CT molecular complexity index is 816. The lowest BCUT2D eigenvalue weighted by Gasteiger charge is -2.20. The van der Waals surface area contributed by atoms with Gasteiger partial charge in [0, 0.05) is 12.5 Å². The molecule has 2 aliphatic rings. The number of benzene rings is 1. The summed E-state index contributed by atoms with van der Waals surface area (Å²) < 4.78 is 19.8. The molecule has 3 rings (SSSR count). The van der Waals surface area contributed by atoms with Crippen molar-refractivity contribution in [3.8, 4) is 0 Å².